The summed E-state index contributed by atoms with van der Waals surface area (Å²) < 4.78 is 3.88. The Morgan fingerprint density at radius 2 is 1.92 bits per heavy atom. The van der Waals surface area contributed by atoms with E-state index in [1.807, 2.05) is 31.8 Å². The summed E-state index contributed by atoms with van der Waals surface area (Å²) in [6.45, 7) is 4.04. The van der Waals surface area contributed by atoms with Crippen LogP contribution in [-0.4, -0.2) is 24.6 Å². The summed E-state index contributed by atoms with van der Waals surface area (Å²) in [4.78, 5) is 17.6. The molecule has 6 nitrogen and oxygen atoms in total. The molecular weight excluding hydrogens is 334 g/mol. The van der Waals surface area contributed by atoms with Crippen molar-refractivity contribution in [2.24, 2.45) is 12.0 Å². The van der Waals surface area contributed by atoms with Crippen LogP contribution in [0.1, 0.15) is 73.6 Å². The minimum Gasteiger partial charge on any atom is -0.275 e. The largest absolute Gasteiger partial charge is 0.275 e. The molecule has 1 fully saturated rings. The number of nitrogens with one attached hydrogen (secondary N) is 1. The molecule has 1 aliphatic carbocycles. The maximum absolute atomic E-state index is 12.8. The van der Waals surface area contributed by atoms with E-state index in [0.29, 0.717) is 6.04 Å². The Hall–Kier alpha value is -1.76. The third-order valence-corrected chi connectivity index (χ3v) is 6.43. The van der Waals surface area contributed by atoms with Crippen molar-refractivity contribution in [2.45, 2.75) is 63.7 Å². The first-order valence-corrected chi connectivity index (χ1v) is 9.99. The summed E-state index contributed by atoms with van der Waals surface area (Å²) in [7, 11) is 1.92. The zero-order chi connectivity index (χ0) is 17.6. The van der Waals surface area contributed by atoms with Crippen LogP contribution in [0.4, 0.5) is 5.82 Å². The first-order chi connectivity index (χ1) is 12.0. The van der Waals surface area contributed by atoms with E-state index in [4.69, 9.17) is 4.99 Å². The van der Waals surface area contributed by atoms with Crippen LogP contribution in [0.15, 0.2) is 16.0 Å². The lowest BCUT2D eigenvalue weighted by atomic mass is 10.1. The summed E-state index contributed by atoms with van der Waals surface area (Å²) in [5, 5.41) is 8.55. The van der Waals surface area contributed by atoms with Crippen LogP contribution in [-0.2, 0) is 7.05 Å². The van der Waals surface area contributed by atoms with Crippen molar-refractivity contribution in [1.82, 2.24) is 19.6 Å². The number of fused-ring (bicyclic) bond motifs is 1. The minimum atomic E-state index is -0.0306. The predicted octanol–water partition coefficient (Wildman–Crippen LogP) is 4.00. The molecule has 3 heterocycles. The van der Waals surface area contributed by atoms with Crippen molar-refractivity contribution in [1.29, 1.82) is 0 Å². The van der Waals surface area contributed by atoms with Gasteiger partial charge < -0.3 is 0 Å². The lowest BCUT2D eigenvalue weighted by Crippen LogP contribution is -2.14. The predicted molar refractivity (Wildman–Crippen MR) is 102 cm³/mol. The Balaban J connectivity index is 1.82. The van der Waals surface area contributed by atoms with Gasteiger partial charge in [0.15, 0.2) is 5.82 Å². The molecule has 1 aliphatic heterocycles. The second-order valence-corrected chi connectivity index (χ2v) is 8.46. The normalized spacial score (nSPS) is 21.7. The molecule has 0 saturated heterocycles. The second-order valence-electron chi connectivity index (χ2n) is 7.17. The first-order valence-electron chi connectivity index (χ1n) is 9.11. The van der Waals surface area contributed by atoms with E-state index in [1.54, 1.807) is 11.8 Å². The molecule has 1 N–H and O–H groups in total. The molecule has 0 amide bonds. The van der Waals surface area contributed by atoms with Crippen LogP contribution in [0, 0.1) is 6.92 Å². The Labute approximate surface area is 151 Å². The summed E-state index contributed by atoms with van der Waals surface area (Å²) in [6.07, 6.45) is 9.30. The van der Waals surface area contributed by atoms with E-state index in [9.17, 15) is 4.79 Å². The maximum atomic E-state index is 12.8. The number of aliphatic imine (C=N–C) groups is 1. The van der Waals surface area contributed by atoms with E-state index in [-0.39, 0.29) is 10.8 Å². The summed E-state index contributed by atoms with van der Waals surface area (Å²) in [5.41, 5.74) is 2.86. The zero-order valence-electron chi connectivity index (χ0n) is 15.1. The molecule has 4 rings (SSSR count). The number of aromatic amines is 1. The van der Waals surface area contributed by atoms with Gasteiger partial charge in [-0.05, 0) is 26.7 Å². The summed E-state index contributed by atoms with van der Waals surface area (Å²) in [5.74, 6) is 0.835. The Morgan fingerprint density at radius 1 is 1.20 bits per heavy atom. The van der Waals surface area contributed by atoms with Crippen molar-refractivity contribution in [3.63, 3.8) is 0 Å². The first kappa shape index (κ1) is 16.7. The van der Waals surface area contributed by atoms with Gasteiger partial charge in [-0.25, -0.2) is 4.99 Å². The smallest absolute Gasteiger partial charge is 0.271 e. The lowest BCUT2D eigenvalue weighted by molar-refractivity contribution is 0.407. The highest BCUT2D eigenvalue weighted by atomic mass is 32.2. The molecule has 1 atom stereocenters. The van der Waals surface area contributed by atoms with Crippen molar-refractivity contribution < 1.29 is 0 Å². The fourth-order valence-electron chi connectivity index (χ4n) is 4.08. The van der Waals surface area contributed by atoms with Crippen LogP contribution in [0.25, 0.3) is 0 Å². The number of hydrogen-bond acceptors (Lipinski definition) is 4. The second kappa shape index (κ2) is 6.52. The van der Waals surface area contributed by atoms with Gasteiger partial charge in [0.05, 0.1) is 27.6 Å². The van der Waals surface area contributed by atoms with Gasteiger partial charge in [0.1, 0.15) is 0 Å². The average Bonchev–Trinajstić information content (AvgIpc) is 2.93. The highest BCUT2D eigenvalue weighted by Crippen LogP contribution is 2.45. The third kappa shape index (κ3) is 2.99. The fraction of sp³-hybridized carbons (Fsp3) is 0.611. The van der Waals surface area contributed by atoms with Gasteiger partial charge in [0.25, 0.3) is 5.56 Å². The SMILES string of the molecule is CC1=Nc2c(c(=O)[nH]n2C2CCCCCC2)C(c2cn(C)nc2C)S1. The van der Waals surface area contributed by atoms with E-state index in [1.165, 1.54) is 25.7 Å². The maximum Gasteiger partial charge on any atom is 0.271 e. The van der Waals surface area contributed by atoms with Crippen molar-refractivity contribution in [3.05, 3.63) is 33.4 Å². The van der Waals surface area contributed by atoms with E-state index >= 15 is 0 Å². The van der Waals surface area contributed by atoms with E-state index in [0.717, 1.165) is 40.5 Å². The van der Waals surface area contributed by atoms with Gasteiger partial charge in [-0.3, -0.25) is 19.3 Å². The Bertz CT molecular complexity index is 867. The highest BCUT2D eigenvalue weighted by molar-refractivity contribution is 8.14. The van der Waals surface area contributed by atoms with Gasteiger partial charge in [-0.2, -0.15) is 5.10 Å². The number of aromatic nitrogens is 4. The third-order valence-electron chi connectivity index (χ3n) is 5.27. The molecule has 2 aliphatic rings. The van der Waals surface area contributed by atoms with Gasteiger partial charge in [0, 0.05) is 18.8 Å². The molecule has 134 valence electrons. The number of rotatable bonds is 2. The highest BCUT2D eigenvalue weighted by Gasteiger charge is 2.33. The Kier molecular flexibility index (Phi) is 4.35. The molecule has 1 unspecified atom stereocenters. The quantitative estimate of drug-likeness (QED) is 0.824. The number of thioether (sulfide) groups is 1. The van der Waals surface area contributed by atoms with Crippen LogP contribution in [0.5, 0.6) is 0 Å². The molecule has 0 aromatic carbocycles. The molecule has 2 aromatic heterocycles. The summed E-state index contributed by atoms with van der Waals surface area (Å²) in [6, 6.07) is 0.356. The van der Waals surface area contributed by atoms with Gasteiger partial charge in [0.2, 0.25) is 0 Å². The van der Waals surface area contributed by atoms with Crippen LogP contribution >= 0.6 is 11.8 Å². The number of hydrogen-bond donors (Lipinski definition) is 1. The minimum absolute atomic E-state index is 0.00347. The van der Waals surface area contributed by atoms with Crippen LogP contribution in [0.2, 0.25) is 0 Å². The van der Waals surface area contributed by atoms with Gasteiger partial charge >= 0.3 is 0 Å². The van der Waals surface area contributed by atoms with E-state index in [2.05, 4.69) is 14.9 Å². The van der Waals surface area contributed by atoms with Gasteiger partial charge in [-0.15, -0.1) is 0 Å². The van der Waals surface area contributed by atoms with Gasteiger partial charge in [-0.1, -0.05) is 37.4 Å². The molecule has 0 bridgehead atoms. The van der Waals surface area contributed by atoms with Crippen molar-refractivity contribution in [2.75, 3.05) is 0 Å². The fourth-order valence-corrected chi connectivity index (χ4v) is 5.25. The Morgan fingerprint density at radius 3 is 2.56 bits per heavy atom. The molecule has 25 heavy (non-hydrogen) atoms. The molecule has 2 aromatic rings. The summed E-state index contributed by atoms with van der Waals surface area (Å²) >= 11 is 1.65. The van der Waals surface area contributed by atoms with Crippen molar-refractivity contribution >= 4 is 22.6 Å². The standard InChI is InChI=1S/C18H25N5OS/c1-11-14(10-22(3)20-11)16-15-17(19-12(2)25-16)23(21-18(15)24)13-8-6-4-5-7-9-13/h10,13,16H,4-9H2,1-3H3,(H,21,24). The monoisotopic (exact) mass is 359 g/mol. The molecule has 7 heteroatoms. The molecule has 1 saturated carbocycles. The topological polar surface area (TPSA) is 68.0 Å². The zero-order valence-corrected chi connectivity index (χ0v) is 15.9. The van der Waals surface area contributed by atoms with Crippen LogP contribution in [0.3, 0.4) is 0 Å². The number of H-pyrrole nitrogens is 1. The van der Waals surface area contributed by atoms with E-state index < -0.39 is 0 Å². The molecular formula is C18H25N5OS. The molecule has 0 spiro atoms. The number of aryl methyl sites for hydroxylation is 2. The average molecular weight is 359 g/mol. The molecule has 0 radical (unpaired) electrons. The lowest BCUT2D eigenvalue weighted by Gasteiger charge is -2.22. The number of nitrogens with zero attached hydrogens (tertiary/aromatic N) is 4. The van der Waals surface area contributed by atoms with Crippen molar-refractivity contribution in [3.8, 4) is 0 Å². The van der Waals surface area contributed by atoms with Crippen LogP contribution < -0.4 is 5.56 Å².